The van der Waals surface area contributed by atoms with Crippen LogP contribution in [0.5, 0.6) is 0 Å². The summed E-state index contributed by atoms with van der Waals surface area (Å²) >= 11 is 0. The molecule has 0 aliphatic carbocycles. The summed E-state index contributed by atoms with van der Waals surface area (Å²) in [5.41, 5.74) is 0.864. The van der Waals surface area contributed by atoms with Gasteiger partial charge in [-0.2, -0.15) is 0 Å². The molecule has 1 N–H and O–H groups in total. The lowest BCUT2D eigenvalue weighted by atomic mass is 10.2. The van der Waals surface area contributed by atoms with E-state index >= 15 is 0 Å². The van der Waals surface area contributed by atoms with Crippen LogP contribution in [0.25, 0.3) is 0 Å². The molecule has 2 unspecified atom stereocenters. The molecule has 7 heteroatoms. The lowest BCUT2D eigenvalue weighted by Gasteiger charge is -2.39. The smallest absolute Gasteiger partial charge is 0.408 e. The van der Waals surface area contributed by atoms with Crippen molar-refractivity contribution >= 4 is 20.4 Å². The highest BCUT2D eigenvalue weighted by molar-refractivity contribution is 6.74. The number of alkyl carbamates (subject to hydrolysis) is 1. The molecule has 1 amide bonds. The first-order valence-corrected chi connectivity index (χ1v) is 11.6. The van der Waals surface area contributed by atoms with E-state index in [9.17, 15) is 9.59 Å². The van der Waals surface area contributed by atoms with E-state index in [1.165, 1.54) is 7.11 Å². The fourth-order valence-corrected chi connectivity index (χ4v) is 3.52. The van der Waals surface area contributed by atoms with Crippen molar-refractivity contribution in [3.05, 3.63) is 35.9 Å². The van der Waals surface area contributed by atoms with Crippen LogP contribution in [-0.4, -0.2) is 39.6 Å². The first kappa shape index (κ1) is 22.2. The molecule has 0 aromatic heterocycles. The molecule has 0 aliphatic rings. The van der Waals surface area contributed by atoms with Gasteiger partial charge in [0, 0.05) is 0 Å². The molecule has 0 heterocycles. The van der Waals surface area contributed by atoms with E-state index in [2.05, 4.69) is 39.2 Å². The van der Waals surface area contributed by atoms with Gasteiger partial charge in [0.05, 0.1) is 13.2 Å². The molecule has 2 atom stereocenters. The zero-order valence-corrected chi connectivity index (χ0v) is 17.8. The van der Waals surface area contributed by atoms with Gasteiger partial charge in [-0.1, -0.05) is 51.1 Å². The molecule has 0 aliphatic heterocycles. The third-order valence-corrected chi connectivity index (χ3v) is 9.27. The Morgan fingerprint density at radius 1 is 1.15 bits per heavy atom. The van der Waals surface area contributed by atoms with E-state index < -0.39 is 32.5 Å². The van der Waals surface area contributed by atoms with Crippen LogP contribution in [0.3, 0.4) is 0 Å². The quantitative estimate of drug-likeness (QED) is 0.573. The number of carbonyl (C=O) groups is 2. The summed E-state index contributed by atoms with van der Waals surface area (Å²) in [7, 11) is -0.828. The number of methoxy groups -OCH3 is 1. The lowest BCUT2D eigenvalue weighted by molar-refractivity contribution is -0.145. The van der Waals surface area contributed by atoms with Crippen molar-refractivity contribution in [1.29, 1.82) is 0 Å². The summed E-state index contributed by atoms with van der Waals surface area (Å²) in [4.78, 5) is 24.3. The minimum Gasteiger partial charge on any atom is -0.467 e. The van der Waals surface area contributed by atoms with Crippen LogP contribution < -0.4 is 5.32 Å². The predicted octanol–water partition coefficient (Wildman–Crippen LogP) is 3.86. The SMILES string of the molecule is COC(=O)C(NC(=O)OCc1ccccc1)C(C)O[Si](C)(C)C(C)(C)C. The van der Waals surface area contributed by atoms with Gasteiger partial charge in [-0.3, -0.25) is 0 Å². The van der Waals surface area contributed by atoms with Crippen LogP contribution in [0.2, 0.25) is 18.1 Å². The van der Waals surface area contributed by atoms with E-state index in [-0.39, 0.29) is 11.6 Å². The molecule has 0 bridgehead atoms. The number of nitrogens with one attached hydrogen (secondary N) is 1. The van der Waals surface area contributed by atoms with Gasteiger partial charge in [-0.15, -0.1) is 0 Å². The average molecular weight is 382 g/mol. The molecule has 1 aromatic rings. The molecule has 6 nitrogen and oxygen atoms in total. The van der Waals surface area contributed by atoms with E-state index in [0.29, 0.717) is 0 Å². The Morgan fingerprint density at radius 2 is 1.73 bits per heavy atom. The van der Waals surface area contributed by atoms with Crippen molar-refractivity contribution in [2.45, 2.75) is 64.6 Å². The highest BCUT2D eigenvalue weighted by atomic mass is 28.4. The molecular formula is C19H31NO5Si. The van der Waals surface area contributed by atoms with Crippen molar-refractivity contribution < 1.29 is 23.5 Å². The van der Waals surface area contributed by atoms with E-state index in [4.69, 9.17) is 13.9 Å². The van der Waals surface area contributed by atoms with Crippen molar-refractivity contribution in [2.75, 3.05) is 7.11 Å². The topological polar surface area (TPSA) is 73.9 Å². The van der Waals surface area contributed by atoms with Gasteiger partial charge in [0.15, 0.2) is 14.4 Å². The van der Waals surface area contributed by atoms with Gasteiger partial charge in [-0.05, 0) is 30.6 Å². The number of esters is 1. The Kier molecular flexibility index (Phi) is 7.83. The van der Waals surface area contributed by atoms with Crippen molar-refractivity contribution in [3.63, 3.8) is 0 Å². The minimum absolute atomic E-state index is 0.0181. The summed E-state index contributed by atoms with van der Waals surface area (Å²) in [6, 6.07) is 8.39. The van der Waals surface area contributed by atoms with Crippen molar-refractivity contribution in [1.82, 2.24) is 5.32 Å². The van der Waals surface area contributed by atoms with Gasteiger partial charge in [0.2, 0.25) is 0 Å². The highest BCUT2D eigenvalue weighted by Gasteiger charge is 2.41. The molecule has 1 rings (SSSR count). The maximum Gasteiger partial charge on any atom is 0.408 e. The Balaban J connectivity index is 2.74. The molecule has 0 saturated carbocycles. The lowest BCUT2D eigenvalue weighted by Crippen LogP contribution is -2.54. The van der Waals surface area contributed by atoms with Crippen LogP contribution in [-0.2, 0) is 25.3 Å². The third-order valence-electron chi connectivity index (χ3n) is 4.70. The predicted molar refractivity (Wildman–Crippen MR) is 103 cm³/mol. The zero-order chi connectivity index (χ0) is 20.0. The highest BCUT2D eigenvalue weighted by Crippen LogP contribution is 2.37. The second kappa shape index (κ2) is 9.18. The molecule has 0 spiro atoms. The molecule has 26 heavy (non-hydrogen) atoms. The van der Waals surface area contributed by atoms with Gasteiger partial charge >= 0.3 is 12.1 Å². The second-order valence-electron chi connectivity index (χ2n) is 7.79. The van der Waals surface area contributed by atoms with E-state index in [0.717, 1.165) is 5.56 Å². The number of hydrogen-bond donors (Lipinski definition) is 1. The molecule has 0 radical (unpaired) electrons. The third kappa shape index (κ3) is 6.46. The molecule has 146 valence electrons. The first-order chi connectivity index (χ1) is 12.0. The monoisotopic (exact) mass is 381 g/mol. The van der Waals surface area contributed by atoms with Gasteiger partial charge in [0.25, 0.3) is 0 Å². The molecule has 1 aromatic carbocycles. The summed E-state index contributed by atoms with van der Waals surface area (Å²) in [6.07, 6.45) is -1.22. The fourth-order valence-electron chi connectivity index (χ4n) is 2.10. The van der Waals surface area contributed by atoms with E-state index in [1.54, 1.807) is 6.92 Å². The van der Waals surface area contributed by atoms with Crippen LogP contribution in [0.15, 0.2) is 30.3 Å². The Hall–Kier alpha value is -1.86. The van der Waals surface area contributed by atoms with Crippen LogP contribution in [0, 0.1) is 0 Å². The number of carbonyl (C=O) groups excluding carboxylic acids is 2. The van der Waals surface area contributed by atoms with Gasteiger partial charge in [0.1, 0.15) is 6.61 Å². The maximum atomic E-state index is 12.1. The minimum atomic E-state index is -2.11. The number of hydrogen-bond acceptors (Lipinski definition) is 5. The summed E-state index contributed by atoms with van der Waals surface area (Å²) in [5.74, 6) is -0.562. The standard InChI is InChI=1S/C19H31NO5Si/c1-14(25-26(6,7)19(2,3)4)16(17(21)23-5)20-18(22)24-13-15-11-9-8-10-12-15/h8-12,14,16H,13H2,1-7H3,(H,20,22). The fraction of sp³-hybridized carbons (Fsp3) is 0.579. The molecule has 0 saturated heterocycles. The number of rotatable bonds is 7. The van der Waals surface area contributed by atoms with Crippen LogP contribution >= 0.6 is 0 Å². The molecular weight excluding hydrogens is 350 g/mol. The maximum absolute atomic E-state index is 12.1. The Labute approximate surface area is 157 Å². The number of ether oxygens (including phenoxy) is 2. The molecule has 0 fully saturated rings. The first-order valence-electron chi connectivity index (χ1n) is 8.71. The Morgan fingerprint density at radius 3 is 2.23 bits per heavy atom. The van der Waals surface area contributed by atoms with Crippen molar-refractivity contribution in [2.24, 2.45) is 0 Å². The van der Waals surface area contributed by atoms with E-state index in [1.807, 2.05) is 30.3 Å². The normalized spacial score (nSPS) is 14.3. The summed E-state index contributed by atoms with van der Waals surface area (Å²) in [5, 5.41) is 2.56. The average Bonchev–Trinajstić information content (AvgIpc) is 2.56. The largest absolute Gasteiger partial charge is 0.467 e. The summed E-state index contributed by atoms with van der Waals surface area (Å²) in [6.45, 7) is 12.4. The second-order valence-corrected chi connectivity index (χ2v) is 12.5. The number of amides is 1. The van der Waals surface area contributed by atoms with Crippen LogP contribution in [0.1, 0.15) is 33.3 Å². The van der Waals surface area contributed by atoms with Gasteiger partial charge < -0.3 is 19.2 Å². The van der Waals surface area contributed by atoms with Crippen molar-refractivity contribution in [3.8, 4) is 0 Å². The summed E-state index contributed by atoms with van der Waals surface area (Å²) < 4.78 is 16.2. The van der Waals surface area contributed by atoms with Gasteiger partial charge in [-0.25, -0.2) is 9.59 Å². The number of benzene rings is 1. The van der Waals surface area contributed by atoms with Crippen LogP contribution in [0.4, 0.5) is 4.79 Å². The Bertz CT molecular complexity index is 598. The zero-order valence-electron chi connectivity index (χ0n) is 16.8.